The Kier molecular flexibility index (Phi) is 2.37. The highest BCUT2D eigenvalue weighted by molar-refractivity contribution is 5.84. The molecule has 0 atom stereocenters. The molecule has 2 aromatic rings. The van der Waals surface area contributed by atoms with Crippen LogP contribution < -0.4 is 4.74 Å². The molecule has 0 aliphatic rings. The summed E-state index contributed by atoms with van der Waals surface area (Å²) < 4.78 is 27.9. The predicted molar refractivity (Wildman–Crippen MR) is 50.0 cm³/mol. The maximum absolute atomic E-state index is 11.9. The van der Waals surface area contributed by atoms with Gasteiger partial charge in [-0.15, -0.1) is 0 Å². The Morgan fingerprint density at radius 1 is 1.20 bits per heavy atom. The number of pyridine rings is 1. The van der Waals surface area contributed by atoms with Gasteiger partial charge in [0, 0.05) is 11.5 Å². The number of aromatic nitrogens is 1. The summed E-state index contributed by atoms with van der Waals surface area (Å²) in [6.45, 7) is -2.92. The van der Waals surface area contributed by atoms with Crippen LogP contribution in [0.3, 0.4) is 0 Å². The third kappa shape index (κ3) is 1.96. The van der Waals surface area contributed by atoms with Gasteiger partial charge in [-0.2, -0.15) is 8.78 Å². The Hall–Kier alpha value is -1.91. The van der Waals surface area contributed by atoms with E-state index in [9.17, 15) is 13.9 Å². The molecular formula is C10H7F2NO2. The fourth-order valence-electron chi connectivity index (χ4n) is 1.27. The number of hydrogen-bond acceptors (Lipinski definition) is 3. The van der Waals surface area contributed by atoms with Gasteiger partial charge in [0.1, 0.15) is 11.3 Å². The van der Waals surface area contributed by atoms with E-state index in [4.69, 9.17) is 0 Å². The number of fused-ring (bicyclic) bond motifs is 1. The summed E-state index contributed by atoms with van der Waals surface area (Å²) in [7, 11) is 0. The number of phenolic OH excluding ortho intramolecular Hbond substituents is 1. The summed E-state index contributed by atoms with van der Waals surface area (Å²) in [5.74, 6) is -0.272. The average molecular weight is 211 g/mol. The van der Waals surface area contributed by atoms with Crippen molar-refractivity contribution in [3.05, 3.63) is 30.3 Å². The number of benzene rings is 1. The fourth-order valence-corrected chi connectivity index (χ4v) is 1.27. The Labute approximate surface area is 83.9 Å². The molecule has 1 aromatic heterocycles. The molecular weight excluding hydrogens is 204 g/mol. The Bertz CT molecular complexity index is 488. The van der Waals surface area contributed by atoms with Crippen molar-refractivity contribution < 1.29 is 18.6 Å². The molecule has 0 amide bonds. The molecule has 0 spiro atoms. The molecule has 1 N–H and O–H groups in total. The van der Waals surface area contributed by atoms with Crippen LogP contribution in [0.4, 0.5) is 8.78 Å². The van der Waals surface area contributed by atoms with Crippen LogP contribution >= 0.6 is 0 Å². The van der Waals surface area contributed by atoms with Gasteiger partial charge in [0.25, 0.3) is 0 Å². The summed E-state index contributed by atoms with van der Waals surface area (Å²) >= 11 is 0. The number of halogens is 2. The van der Waals surface area contributed by atoms with Gasteiger partial charge in [0.2, 0.25) is 5.88 Å². The number of hydrogen-bond donors (Lipinski definition) is 1. The van der Waals surface area contributed by atoms with E-state index in [0.717, 1.165) is 0 Å². The van der Waals surface area contributed by atoms with Crippen LogP contribution in [0.5, 0.6) is 11.6 Å². The highest BCUT2D eigenvalue weighted by atomic mass is 19.3. The maximum Gasteiger partial charge on any atom is 0.388 e. The second kappa shape index (κ2) is 3.68. The minimum absolute atomic E-state index is 0.0628. The first-order chi connectivity index (χ1) is 7.16. The number of aromatic hydroxyl groups is 1. The molecule has 0 unspecified atom stereocenters. The van der Waals surface area contributed by atoms with Crippen LogP contribution in [-0.2, 0) is 0 Å². The van der Waals surface area contributed by atoms with Crippen molar-refractivity contribution in [3.63, 3.8) is 0 Å². The maximum atomic E-state index is 11.9. The standard InChI is InChI=1S/C10H7F2NO2/c11-10(12)15-8-5-4-6-2-1-3-7(14)9(6)13-8/h1-5,10,14H. The van der Waals surface area contributed by atoms with Gasteiger partial charge in [-0.05, 0) is 12.1 Å². The first kappa shape index (κ1) is 9.64. The quantitative estimate of drug-likeness (QED) is 0.829. The minimum Gasteiger partial charge on any atom is -0.506 e. The fraction of sp³-hybridized carbons (Fsp3) is 0.100. The summed E-state index contributed by atoms with van der Waals surface area (Å²) in [6.07, 6.45) is 0. The van der Waals surface area contributed by atoms with Gasteiger partial charge in [0.05, 0.1) is 0 Å². The Morgan fingerprint density at radius 3 is 2.73 bits per heavy atom. The SMILES string of the molecule is Oc1cccc2ccc(OC(F)F)nc12. The van der Waals surface area contributed by atoms with E-state index in [1.165, 1.54) is 12.1 Å². The van der Waals surface area contributed by atoms with Crippen molar-refractivity contribution in [2.24, 2.45) is 0 Å². The molecule has 1 heterocycles. The van der Waals surface area contributed by atoms with Crippen LogP contribution in [0.2, 0.25) is 0 Å². The van der Waals surface area contributed by atoms with Crippen LogP contribution in [0, 0.1) is 0 Å². The van der Waals surface area contributed by atoms with E-state index in [1.54, 1.807) is 18.2 Å². The molecule has 0 saturated heterocycles. The monoisotopic (exact) mass is 211 g/mol. The van der Waals surface area contributed by atoms with Crippen molar-refractivity contribution in [2.45, 2.75) is 6.61 Å². The molecule has 2 rings (SSSR count). The third-order valence-corrected chi connectivity index (χ3v) is 1.88. The highest BCUT2D eigenvalue weighted by Gasteiger charge is 2.07. The van der Waals surface area contributed by atoms with Crippen LogP contribution in [0.1, 0.15) is 0 Å². The number of nitrogens with zero attached hydrogens (tertiary/aromatic N) is 1. The molecule has 3 nitrogen and oxygen atoms in total. The average Bonchev–Trinajstić information content (AvgIpc) is 2.18. The largest absolute Gasteiger partial charge is 0.506 e. The Balaban J connectivity index is 2.50. The van der Waals surface area contributed by atoms with E-state index in [-0.39, 0.29) is 17.1 Å². The van der Waals surface area contributed by atoms with Crippen molar-refractivity contribution in [2.75, 3.05) is 0 Å². The number of ether oxygens (including phenoxy) is 1. The molecule has 1 aromatic carbocycles. The number of rotatable bonds is 2. The van der Waals surface area contributed by atoms with Crippen molar-refractivity contribution in [3.8, 4) is 11.6 Å². The lowest BCUT2D eigenvalue weighted by atomic mass is 10.2. The molecule has 0 aliphatic carbocycles. The molecule has 5 heteroatoms. The van der Waals surface area contributed by atoms with Crippen molar-refractivity contribution in [1.29, 1.82) is 0 Å². The van der Waals surface area contributed by atoms with Crippen LogP contribution in [0.15, 0.2) is 30.3 Å². The first-order valence-corrected chi connectivity index (χ1v) is 4.20. The van der Waals surface area contributed by atoms with Gasteiger partial charge < -0.3 is 9.84 Å². The van der Waals surface area contributed by atoms with Gasteiger partial charge in [-0.25, -0.2) is 4.98 Å². The van der Waals surface area contributed by atoms with E-state index in [0.29, 0.717) is 5.39 Å². The van der Waals surface area contributed by atoms with E-state index >= 15 is 0 Å². The van der Waals surface area contributed by atoms with Crippen molar-refractivity contribution >= 4 is 10.9 Å². The summed E-state index contributed by atoms with van der Waals surface area (Å²) in [5, 5.41) is 10.1. The smallest absolute Gasteiger partial charge is 0.388 e. The van der Waals surface area contributed by atoms with Crippen LogP contribution in [0.25, 0.3) is 10.9 Å². The highest BCUT2D eigenvalue weighted by Crippen LogP contribution is 2.24. The molecule has 0 radical (unpaired) electrons. The van der Waals surface area contributed by atoms with E-state index in [1.807, 2.05) is 0 Å². The second-order valence-corrected chi connectivity index (χ2v) is 2.88. The van der Waals surface area contributed by atoms with E-state index in [2.05, 4.69) is 9.72 Å². The zero-order chi connectivity index (χ0) is 10.8. The Morgan fingerprint density at radius 2 is 2.00 bits per heavy atom. The molecule has 0 fully saturated rings. The first-order valence-electron chi connectivity index (χ1n) is 4.20. The normalized spacial score (nSPS) is 10.9. The summed E-state index contributed by atoms with van der Waals surface area (Å²) in [5.41, 5.74) is 0.246. The zero-order valence-corrected chi connectivity index (χ0v) is 7.52. The van der Waals surface area contributed by atoms with Gasteiger partial charge in [0.15, 0.2) is 0 Å². The number of alkyl halides is 2. The van der Waals surface area contributed by atoms with Gasteiger partial charge >= 0.3 is 6.61 Å². The number of para-hydroxylation sites is 1. The summed E-state index contributed by atoms with van der Waals surface area (Å²) in [4.78, 5) is 3.76. The molecule has 0 bridgehead atoms. The third-order valence-electron chi connectivity index (χ3n) is 1.88. The van der Waals surface area contributed by atoms with Crippen LogP contribution in [-0.4, -0.2) is 16.7 Å². The lowest BCUT2D eigenvalue weighted by molar-refractivity contribution is -0.0526. The topological polar surface area (TPSA) is 42.4 Å². The lowest BCUT2D eigenvalue weighted by Crippen LogP contribution is -2.03. The second-order valence-electron chi connectivity index (χ2n) is 2.88. The molecule has 15 heavy (non-hydrogen) atoms. The minimum atomic E-state index is -2.92. The molecule has 0 aliphatic heterocycles. The van der Waals surface area contributed by atoms with Crippen molar-refractivity contribution in [1.82, 2.24) is 4.98 Å². The zero-order valence-electron chi connectivity index (χ0n) is 7.52. The molecule has 0 saturated carbocycles. The van der Waals surface area contributed by atoms with Gasteiger partial charge in [-0.1, -0.05) is 12.1 Å². The lowest BCUT2D eigenvalue weighted by Gasteiger charge is -2.05. The number of phenols is 1. The molecule has 78 valence electrons. The summed E-state index contributed by atoms with van der Waals surface area (Å²) in [6, 6.07) is 7.68. The van der Waals surface area contributed by atoms with E-state index < -0.39 is 6.61 Å². The van der Waals surface area contributed by atoms with Gasteiger partial charge in [-0.3, -0.25) is 0 Å². The predicted octanol–water partition coefficient (Wildman–Crippen LogP) is 2.54.